The summed E-state index contributed by atoms with van der Waals surface area (Å²) < 4.78 is 0. The van der Waals surface area contributed by atoms with E-state index in [1.807, 2.05) is 0 Å². The Labute approximate surface area is 107 Å². The molecule has 0 aliphatic carbocycles. The molecule has 0 aliphatic heterocycles. The fourth-order valence-corrected chi connectivity index (χ4v) is 2.04. The molecule has 18 heavy (non-hydrogen) atoms. The molecule has 1 rings (SSSR count). The van der Waals surface area contributed by atoms with Crippen molar-refractivity contribution < 1.29 is 19.6 Å². The van der Waals surface area contributed by atoms with E-state index in [0.29, 0.717) is 6.42 Å². The van der Waals surface area contributed by atoms with E-state index in [9.17, 15) is 19.7 Å². The van der Waals surface area contributed by atoms with Gasteiger partial charge in [0, 0.05) is 12.1 Å². The lowest BCUT2D eigenvalue weighted by Crippen LogP contribution is -2.35. The highest BCUT2D eigenvalue weighted by Crippen LogP contribution is 2.23. The maximum Gasteiger partial charge on any atom is 0.324 e. The predicted octanol–water partition coefficient (Wildman–Crippen LogP) is 1.64. The van der Waals surface area contributed by atoms with Crippen molar-refractivity contribution in [2.24, 2.45) is 0 Å². The Balaban J connectivity index is 2.68. The minimum absolute atomic E-state index is 0.119. The first-order valence-electron chi connectivity index (χ1n) is 5.21. The van der Waals surface area contributed by atoms with Gasteiger partial charge in [0.25, 0.3) is 5.91 Å². The molecule has 0 aromatic carbocycles. The lowest BCUT2D eigenvalue weighted by molar-refractivity contribution is -0.380. The molecule has 1 aromatic heterocycles. The van der Waals surface area contributed by atoms with Crippen LogP contribution in [0.4, 0.5) is 5.00 Å². The van der Waals surface area contributed by atoms with Crippen molar-refractivity contribution in [1.82, 2.24) is 5.32 Å². The predicted molar refractivity (Wildman–Crippen MR) is 64.8 cm³/mol. The van der Waals surface area contributed by atoms with Crippen LogP contribution in [0.25, 0.3) is 0 Å². The SMILES string of the molecule is CCC(CC(=O)O)NC(=O)c1ccc([N+](=O)[O-])s1. The molecule has 1 amide bonds. The average Bonchev–Trinajstić information content (AvgIpc) is 2.76. The van der Waals surface area contributed by atoms with Gasteiger partial charge in [-0.2, -0.15) is 0 Å². The van der Waals surface area contributed by atoms with Crippen LogP contribution in [0.2, 0.25) is 0 Å². The zero-order valence-electron chi connectivity index (χ0n) is 9.58. The van der Waals surface area contributed by atoms with E-state index in [2.05, 4.69) is 5.32 Å². The van der Waals surface area contributed by atoms with E-state index in [0.717, 1.165) is 11.3 Å². The summed E-state index contributed by atoms with van der Waals surface area (Å²) in [5.41, 5.74) is 0. The highest BCUT2D eigenvalue weighted by Gasteiger charge is 2.19. The molecular formula is C10H12N2O5S. The first-order valence-corrected chi connectivity index (χ1v) is 6.02. The van der Waals surface area contributed by atoms with Crippen molar-refractivity contribution >= 4 is 28.2 Å². The average molecular weight is 272 g/mol. The van der Waals surface area contributed by atoms with Crippen molar-refractivity contribution in [1.29, 1.82) is 0 Å². The van der Waals surface area contributed by atoms with Crippen LogP contribution in [0.3, 0.4) is 0 Å². The minimum Gasteiger partial charge on any atom is -0.481 e. The summed E-state index contributed by atoms with van der Waals surface area (Å²) in [6, 6.07) is 2.12. The van der Waals surface area contributed by atoms with Crippen LogP contribution in [-0.2, 0) is 4.79 Å². The second-order valence-corrected chi connectivity index (χ2v) is 4.63. The number of amides is 1. The first-order chi connectivity index (χ1) is 8.43. The van der Waals surface area contributed by atoms with Crippen molar-refractivity contribution in [3.63, 3.8) is 0 Å². The number of nitro groups is 1. The highest BCUT2D eigenvalue weighted by molar-refractivity contribution is 7.17. The van der Waals surface area contributed by atoms with Gasteiger partial charge in [-0.1, -0.05) is 18.3 Å². The lowest BCUT2D eigenvalue weighted by atomic mass is 10.1. The van der Waals surface area contributed by atoms with Gasteiger partial charge in [0.05, 0.1) is 16.2 Å². The second kappa shape index (κ2) is 6.10. The summed E-state index contributed by atoms with van der Waals surface area (Å²) in [5.74, 6) is -1.49. The molecule has 0 aliphatic rings. The third-order valence-electron chi connectivity index (χ3n) is 2.24. The first kappa shape index (κ1) is 14.1. The summed E-state index contributed by atoms with van der Waals surface area (Å²) in [6.45, 7) is 1.75. The van der Waals surface area contributed by atoms with Gasteiger partial charge in [0.15, 0.2) is 0 Å². The van der Waals surface area contributed by atoms with Crippen LogP contribution in [0.1, 0.15) is 29.4 Å². The minimum atomic E-state index is -1.00. The Morgan fingerprint density at radius 3 is 2.67 bits per heavy atom. The maximum absolute atomic E-state index is 11.7. The van der Waals surface area contributed by atoms with Crippen LogP contribution in [-0.4, -0.2) is 27.9 Å². The van der Waals surface area contributed by atoms with Gasteiger partial charge in [0.2, 0.25) is 0 Å². The van der Waals surface area contributed by atoms with E-state index >= 15 is 0 Å². The number of hydrogen-bond acceptors (Lipinski definition) is 5. The zero-order chi connectivity index (χ0) is 13.7. The number of nitrogens with zero attached hydrogens (tertiary/aromatic N) is 1. The molecule has 1 atom stereocenters. The number of nitrogens with one attached hydrogen (secondary N) is 1. The van der Waals surface area contributed by atoms with Crippen molar-refractivity contribution in [3.8, 4) is 0 Å². The Hall–Kier alpha value is -1.96. The van der Waals surface area contributed by atoms with Crippen molar-refractivity contribution in [2.75, 3.05) is 0 Å². The zero-order valence-corrected chi connectivity index (χ0v) is 10.4. The van der Waals surface area contributed by atoms with Gasteiger partial charge < -0.3 is 10.4 Å². The largest absolute Gasteiger partial charge is 0.481 e. The Morgan fingerprint density at radius 1 is 1.56 bits per heavy atom. The molecule has 1 aromatic rings. The summed E-state index contributed by atoms with van der Waals surface area (Å²) >= 11 is 0.762. The van der Waals surface area contributed by atoms with E-state index in [-0.39, 0.29) is 16.3 Å². The molecule has 98 valence electrons. The fraction of sp³-hybridized carbons (Fsp3) is 0.400. The molecule has 8 heteroatoms. The number of carboxylic acids is 1. The summed E-state index contributed by atoms with van der Waals surface area (Å²) in [7, 11) is 0. The number of carbonyl (C=O) groups is 2. The molecule has 0 bridgehead atoms. The highest BCUT2D eigenvalue weighted by atomic mass is 32.1. The molecule has 0 spiro atoms. The molecule has 1 unspecified atom stereocenters. The Bertz CT molecular complexity index is 471. The van der Waals surface area contributed by atoms with E-state index < -0.39 is 22.8 Å². The van der Waals surface area contributed by atoms with Gasteiger partial charge >= 0.3 is 11.0 Å². The van der Waals surface area contributed by atoms with Crippen LogP contribution in [0, 0.1) is 10.1 Å². The van der Waals surface area contributed by atoms with E-state index in [4.69, 9.17) is 5.11 Å². The second-order valence-electron chi connectivity index (χ2n) is 3.57. The number of hydrogen-bond donors (Lipinski definition) is 2. The monoisotopic (exact) mass is 272 g/mol. The molecular weight excluding hydrogens is 260 g/mol. The molecule has 1 heterocycles. The molecule has 0 saturated carbocycles. The summed E-state index contributed by atoms with van der Waals surface area (Å²) in [4.78, 5) is 32.4. The topological polar surface area (TPSA) is 110 Å². The third-order valence-corrected chi connectivity index (χ3v) is 3.28. The number of rotatable bonds is 6. The van der Waals surface area contributed by atoms with Gasteiger partial charge in [0.1, 0.15) is 0 Å². The molecule has 0 radical (unpaired) electrons. The molecule has 0 fully saturated rings. The van der Waals surface area contributed by atoms with Gasteiger partial charge in [-0.05, 0) is 12.5 Å². The summed E-state index contributed by atoms with van der Waals surface area (Å²) in [5, 5.41) is 21.5. The molecule has 2 N–H and O–H groups in total. The number of carbonyl (C=O) groups excluding carboxylic acids is 1. The van der Waals surface area contributed by atoms with Crippen molar-refractivity contribution in [2.45, 2.75) is 25.8 Å². The standard InChI is InChI=1S/C10H12N2O5S/c1-2-6(5-9(13)14)11-10(15)7-3-4-8(18-7)12(16)17/h3-4,6H,2,5H2,1H3,(H,11,15)(H,13,14). The molecule has 7 nitrogen and oxygen atoms in total. The van der Waals surface area contributed by atoms with Crippen LogP contribution >= 0.6 is 11.3 Å². The van der Waals surface area contributed by atoms with Crippen LogP contribution < -0.4 is 5.32 Å². The van der Waals surface area contributed by atoms with Gasteiger partial charge in [-0.25, -0.2) is 0 Å². The van der Waals surface area contributed by atoms with Gasteiger partial charge in [-0.3, -0.25) is 19.7 Å². The normalized spacial score (nSPS) is 11.8. The van der Waals surface area contributed by atoms with E-state index in [1.54, 1.807) is 6.92 Å². The molecule has 0 saturated heterocycles. The maximum atomic E-state index is 11.7. The summed E-state index contributed by atoms with van der Waals surface area (Å²) in [6.07, 6.45) is 0.307. The number of aliphatic carboxylic acids is 1. The smallest absolute Gasteiger partial charge is 0.324 e. The Morgan fingerprint density at radius 2 is 2.22 bits per heavy atom. The lowest BCUT2D eigenvalue weighted by Gasteiger charge is -2.13. The van der Waals surface area contributed by atoms with Gasteiger partial charge in [-0.15, -0.1) is 0 Å². The Kier molecular flexibility index (Phi) is 4.78. The van der Waals surface area contributed by atoms with Crippen LogP contribution in [0.5, 0.6) is 0 Å². The number of carboxylic acid groups (broad SMARTS) is 1. The number of thiophene rings is 1. The third kappa shape index (κ3) is 3.81. The fourth-order valence-electron chi connectivity index (χ4n) is 1.31. The quantitative estimate of drug-likeness (QED) is 0.604. The van der Waals surface area contributed by atoms with Crippen molar-refractivity contribution in [3.05, 3.63) is 27.1 Å². The van der Waals surface area contributed by atoms with Crippen LogP contribution in [0.15, 0.2) is 12.1 Å². The van der Waals surface area contributed by atoms with E-state index in [1.165, 1.54) is 12.1 Å².